The lowest BCUT2D eigenvalue weighted by molar-refractivity contribution is 0.299. The smallest absolute Gasteiger partial charge is 0.213 e. The molecule has 2 aromatic heterocycles. The molecule has 0 unspecified atom stereocenters. The standard InChI is InChI=1S/C15H18N2O/c1-2-13-7-8-15(17-12-13)18-10-4-6-14-5-3-9-16-11-14/h3,5,7-9,11-12H,2,4,6,10H2,1H3. The van der Waals surface area contributed by atoms with E-state index in [-0.39, 0.29) is 0 Å². The van der Waals surface area contributed by atoms with Crippen LogP contribution in [-0.2, 0) is 12.8 Å². The molecule has 2 aromatic rings. The first kappa shape index (κ1) is 12.6. The molecule has 0 N–H and O–H groups in total. The first-order valence-electron chi connectivity index (χ1n) is 6.35. The van der Waals surface area contributed by atoms with Crippen LogP contribution in [0.1, 0.15) is 24.5 Å². The summed E-state index contributed by atoms with van der Waals surface area (Å²) < 4.78 is 5.60. The van der Waals surface area contributed by atoms with Gasteiger partial charge >= 0.3 is 0 Å². The number of ether oxygens (including phenoxy) is 1. The van der Waals surface area contributed by atoms with Crippen molar-refractivity contribution < 1.29 is 4.74 Å². The lowest BCUT2D eigenvalue weighted by atomic mass is 10.2. The number of aryl methyl sites for hydroxylation is 2. The van der Waals surface area contributed by atoms with Crippen molar-refractivity contribution in [2.24, 2.45) is 0 Å². The van der Waals surface area contributed by atoms with Crippen molar-refractivity contribution in [2.45, 2.75) is 26.2 Å². The predicted octanol–water partition coefficient (Wildman–Crippen LogP) is 3.05. The Morgan fingerprint density at radius 1 is 1.11 bits per heavy atom. The van der Waals surface area contributed by atoms with Crippen LogP contribution in [-0.4, -0.2) is 16.6 Å². The summed E-state index contributed by atoms with van der Waals surface area (Å²) in [6.07, 6.45) is 8.53. The first-order valence-corrected chi connectivity index (χ1v) is 6.35. The largest absolute Gasteiger partial charge is 0.478 e. The molecule has 94 valence electrons. The van der Waals surface area contributed by atoms with Gasteiger partial charge in [-0.25, -0.2) is 4.98 Å². The van der Waals surface area contributed by atoms with Crippen LogP contribution in [0.5, 0.6) is 5.88 Å². The average molecular weight is 242 g/mol. The fraction of sp³-hybridized carbons (Fsp3) is 0.333. The highest BCUT2D eigenvalue weighted by Crippen LogP contribution is 2.09. The van der Waals surface area contributed by atoms with Gasteiger partial charge < -0.3 is 4.74 Å². The molecule has 0 fully saturated rings. The molecule has 0 aliphatic heterocycles. The zero-order valence-corrected chi connectivity index (χ0v) is 10.7. The molecule has 0 saturated heterocycles. The summed E-state index contributed by atoms with van der Waals surface area (Å²) in [6.45, 7) is 2.80. The Morgan fingerprint density at radius 3 is 2.72 bits per heavy atom. The Kier molecular flexibility index (Phi) is 4.70. The quantitative estimate of drug-likeness (QED) is 0.730. The van der Waals surface area contributed by atoms with E-state index in [4.69, 9.17) is 4.74 Å². The van der Waals surface area contributed by atoms with E-state index in [0.717, 1.165) is 19.3 Å². The van der Waals surface area contributed by atoms with Crippen LogP contribution in [0.25, 0.3) is 0 Å². The summed E-state index contributed by atoms with van der Waals surface area (Å²) in [5, 5.41) is 0. The van der Waals surface area contributed by atoms with Crippen molar-refractivity contribution >= 4 is 0 Å². The first-order chi connectivity index (χ1) is 8.88. The highest BCUT2D eigenvalue weighted by molar-refractivity contribution is 5.17. The number of hydrogen-bond donors (Lipinski definition) is 0. The molecule has 3 nitrogen and oxygen atoms in total. The molecule has 0 amide bonds. The number of aromatic nitrogens is 2. The highest BCUT2D eigenvalue weighted by atomic mass is 16.5. The Morgan fingerprint density at radius 2 is 2.06 bits per heavy atom. The van der Waals surface area contributed by atoms with E-state index < -0.39 is 0 Å². The summed E-state index contributed by atoms with van der Waals surface area (Å²) in [5.41, 5.74) is 2.48. The minimum atomic E-state index is 0.688. The molecule has 2 heterocycles. The zero-order chi connectivity index (χ0) is 12.6. The van der Waals surface area contributed by atoms with Gasteiger partial charge in [0.1, 0.15) is 0 Å². The fourth-order valence-corrected chi connectivity index (χ4v) is 1.70. The van der Waals surface area contributed by atoms with E-state index in [2.05, 4.69) is 29.0 Å². The van der Waals surface area contributed by atoms with E-state index in [9.17, 15) is 0 Å². The van der Waals surface area contributed by atoms with Crippen molar-refractivity contribution in [1.82, 2.24) is 9.97 Å². The van der Waals surface area contributed by atoms with Crippen LogP contribution in [0.3, 0.4) is 0 Å². The van der Waals surface area contributed by atoms with Gasteiger partial charge in [-0.2, -0.15) is 0 Å². The van der Waals surface area contributed by atoms with Gasteiger partial charge in [0.05, 0.1) is 6.61 Å². The minimum Gasteiger partial charge on any atom is -0.478 e. The zero-order valence-electron chi connectivity index (χ0n) is 10.7. The molecule has 0 bridgehead atoms. The Bertz CT molecular complexity index is 454. The van der Waals surface area contributed by atoms with Gasteiger partial charge in [0.25, 0.3) is 0 Å². The summed E-state index contributed by atoms with van der Waals surface area (Å²) >= 11 is 0. The van der Waals surface area contributed by atoms with E-state index >= 15 is 0 Å². The van der Waals surface area contributed by atoms with Gasteiger partial charge in [-0.05, 0) is 36.5 Å². The topological polar surface area (TPSA) is 35.0 Å². The molecule has 0 atom stereocenters. The maximum absolute atomic E-state index is 5.60. The second-order valence-corrected chi connectivity index (χ2v) is 4.17. The Balaban J connectivity index is 1.72. The molecule has 0 spiro atoms. The van der Waals surface area contributed by atoms with Crippen molar-refractivity contribution in [3.8, 4) is 5.88 Å². The normalized spacial score (nSPS) is 10.3. The molecular formula is C15H18N2O. The Hall–Kier alpha value is -1.90. The number of rotatable bonds is 6. The van der Waals surface area contributed by atoms with E-state index in [0.29, 0.717) is 12.5 Å². The number of pyridine rings is 2. The van der Waals surface area contributed by atoms with Crippen molar-refractivity contribution in [3.05, 3.63) is 54.0 Å². The molecule has 18 heavy (non-hydrogen) atoms. The summed E-state index contributed by atoms with van der Waals surface area (Å²) in [6, 6.07) is 8.04. The second kappa shape index (κ2) is 6.74. The third-order valence-electron chi connectivity index (χ3n) is 2.79. The van der Waals surface area contributed by atoms with E-state index in [1.807, 2.05) is 24.5 Å². The predicted molar refractivity (Wildman–Crippen MR) is 71.7 cm³/mol. The lowest BCUT2D eigenvalue weighted by Crippen LogP contribution is -2.01. The van der Waals surface area contributed by atoms with Crippen LogP contribution < -0.4 is 4.74 Å². The molecular weight excluding hydrogens is 224 g/mol. The SMILES string of the molecule is CCc1ccc(OCCCc2cccnc2)nc1. The highest BCUT2D eigenvalue weighted by Gasteiger charge is 1.97. The van der Waals surface area contributed by atoms with Crippen LogP contribution in [0.15, 0.2) is 42.9 Å². The molecule has 0 saturated carbocycles. The van der Waals surface area contributed by atoms with Crippen LogP contribution in [0.4, 0.5) is 0 Å². The molecule has 3 heteroatoms. The van der Waals surface area contributed by atoms with Gasteiger partial charge in [0.15, 0.2) is 0 Å². The minimum absolute atomic E-state index is 0.688. The molecule has 0 aliphatic carbocycles. The maximum Gasteiger partial charge on any atom is 0.213 e. The average Bonchev–Trinajstić information content (AvgIpc) is 2.45. The van der Waals surface area contributed by atoms with E-state index in [1.54, 1.807) is 6.20 Å². The maximum atomic E-state index is 5.60. The number of nitrogens with zero attached hydrogens (tertiary/aromatic N) is 2. The van der Waals surface area contributed by atoms with E-state index in [1.165, 1.54) is 11.1 Å². The summed E-state index contributed by atoms with van der Waals surface area (Å²) in [5.74, 6) is 0.707. The lowest BCUT2D eigenvalue weighted by Gasteiger charge is -2.05. The van der Waals surface area contributed by atoms with Gasteiger partial charge in [0.2, 0.25) is 5.88 Å². The van der Waals surface area contributed by atoms with Gasteiger partial charge in [-0.1, -0.05) is 19.1 Å². The van der Waals surface area contributed by atoms with Crippen molar-refractivity contribution in [1.29, 1.82) is 0 Å². The van der Waals surface area contributed by atoms with Crippen LogP contribution in [0.2, 0.25) is 0 Å². The molecule has 0 aliphatic rings. The Labute approximate surface area is 108 Å². The van der Waals surface area contributed by atoms with Crippen LogP contribution in [0, 0.1) is 0 Å². The van der Waals surface area contributed by atoms with Gasteiger partial charge in [-0.15, -0.1) is 0 Å². The van der Waals surface area contributed by atoms with Crippen molar-refractivity contribution in [3.63, 3.8) is 0 Å². The monoisotopic (exact) mass is 242 g/mol. The van der Waals surface area contributed by atoms with Gasteiger partial charge in [0, 0.05) is 24.7 Å². The fourth-order valence-electron chi connectivity index (χ4n) is 1.70. The van der Waals surface area contributed by atoms with Crippen LogP contribution >= 0.6 is 0 Å². The molecule has 2 rings (SSSR count). The number of hydrogen-bond acceptors (Lipinski definition) is 3. The molecule has 0 radical (unpaired) electrons. The summed E-state index contributed by atoms with van der Waals surface area (Å²) in [7, 11) is 0. The third kappa shape index (κ3) is 3.84. The van der Waals surface area contributed by atoms with Crippen molar-refractivity contribution in [2.75, 3.05) is 6.61 Å². The van der Waals surface area contributed by atoms with Gasteiger partial charge in [-0.3, -0.25) is 4.98 Å². The second-order valence-electron chi connectivity index (χ2n) is 4.17. The summed E-state index contributed by atoms with van der Waals surface area (Å²) in [4.78, 5) is 8.35. The third-order valence-corrected chi connectivity index (χ3v) is 2.79. The molecule has 0 aromatic carbocycles.